The Bertz CT molecular complexity index is 496. The van der Waals surface area contributed by atoms with Crippen LogP contribution < -0.4 is 11.1 Å². The summed E-state index contributed by atoms with van der Waals surface area (Å²) in [5, 5.41) is 2.73. The molecule has 0 heterocycles. The lowest BCUT2D eigenvalue weighted by Crippen LogP contribution is -2.41. The van der Waals surface area contributed by atoms with Gasteiger partial charge in [-0.1, -0.05) is 36.8 Å². The zero-order chi connectivity index (χ0) is 16.2. The van der Waals surface area contributed by atoms with E-state index in [1.807, 2.05) is 0 Å². The first kappa shape index (κ1) is 19.8. The number of hydrogen-bond acceptors (Lipinski definition) is 2. The lowest BCUT2D eigenvalue weighted by Gasteiger charge is -2.23. The molecule has 2 rings (SSSR count). The van der Waals surface area contributed by atoms with Crippen LogP contribution in [0.3, 0.4) is 0 Å². The number of carbonyl (C=O) groups excluding carboxylic acids is 1. The van der Waals surface area contributed by atoms with Gasteiger partial charge in [0.2, 0.25) is 5.91 Å². The fourth-order valence-electron chi connectivity index (χ4n) is 3.07. The highest BCUT2D eigenvalue weighted by Gasteiger charge is 2.42. The van der Waals surface area contributed by atoms with Crippen molar-refractivity contribution in [2.24, 2.45) is 11.7 Å². The first-order valence-electron chi connectivity index (χ1n) is 7.53. The van der Waals surface area contributed by atoms with Crippen molar-refractivity contribution in [2.45, 2.75) is 43.8 Å². The molecule has 1 aromatic carbocycles. The van der Waals surface area contributed by atoms with Crippen molar-refractivity contribution in [3.8, 4) is 0 Å². The third kappa shape index (κ3) is 5.39. The molecular weight excluding hydrogens is 329 g/mol. The second-order valence-corrected chi connectivity index (χ2v) is 5.81. The number of nitrogens with one attached hydrogen (secondary N) is 1. The second-order valence-electron chi connectivity index (χ2n) is 5.81. The first-order valence-corrected chi connectivity index (χ1v) is 7.53. The number of benzene rings is 1. The number of rotatable bonds is 5. The van der Waals surface area contributed by atoms with Crippen LogP contribution >= 0.6 is 12.4 Å². The fraction of sp³-hybridized carbons (Fsp3) is 0.562. The Labute approximate surface area is 140 Å². The Morgan fingerprint density at radius 3 is 2.48 bits per heavy atom. The fourth-order valence-corrected chi connectivity index (χ4v) is 3.07. The Hall–Kier alpha value is -1.27. The molecular formula is C16H22ClF3N2O. The molecule has 0 spiro atoms. The standard InChI is InChI=1S/C16H21F3N2O.ClH/c17-16(18,19)13(11-5-2-1-3-6-11)9-15(22)21-14-8-4-7-12(14)10-20;/h1-3,5-6,12-14H,4,7-10,20H2,(H,21,22);1H. The summed E-state index contributed by atoms with van der Waals surface area (Å²) in [4.78, 5) is 12.0. The van der Waals surface area contributed by atoms with Gasteiger partial charge in [0.1, 0.15) is 0 Å². The van der Waals surface area contributed by atoms with Crippen molar-refractivity contribution in [2.75, 3.05) is 6.54 Å². The second kappa shape index (κ2) is 8.55. The SMILES string of the molecule is Cl.NCC1CCCC1NC(=O)CC(c1ccccc1)C(F)(F)F. The van der Waals surface area contributed by atoms with Gasteiger partial charge in [0.15, 0.2) is 0 Å². The number of carbonyl (C=O) groups is 1. The molecule has 1 amide bonds. The van der Waals surface area contributed by atoms with Crippen molar-refractivity contribution < 1.29 is 18.0 Å². The zero-order valence-electron chi connectivity index (χ0n) is 12.7. The third-order valence-corrected chi connectivity index (χ3v) is 4.29. The highest BCUT2D eigenvalue weighted by atomic mass is 35.5. The molecule has 1 aliphatic carbocycles. The van der Waals surface area contributed by atoms with E-state index in [0.29, 0.717) is 6.54 Å². The summed E-state index contributed by atoms with van der Waals surface area (Å²) in [7, 11) is 0. The van der Waals surface area contributed by atoms with Gasteiger partial charge in [-0.3, -0.25) is 4.79 Å². The van der Waals surface area contributed by atoms with E-state index in [0.717, 1.165) is 19.3 Å². The third-order valence-electron chi connectivity index (χ3n) is 4.29. The van der Waals surface area contributed by atoms with Crippen molar-refractivity contribution in [3.05, 3.63) is 35.9 Å². The van der Waals surface area contributed by atoms with E-state index in [1.54, 1.807) is 18.2 Å². The maximum absolute atomic E-state index is 13.2. The van der Waals surface area contributed by atoms with Gasteiger partial charge in [-0.15, -0.1) is 12.4 Å². The van der Waals surface area contributed by atoms with Crippen LogP contribution in [-0.4, -0.2) is 24.7 Å². The van der Waals surface area contributed by atoms with E-state index in [9.17, 15) is 18.0 Å². The molecule has 0 saturated heterocycles. The molecule has 1 aromatic rings. The van der Waals surface area contributed by atoms with Crippen molar-refractivity contribution >= 4 is 18.3 Å². The minimum atomic E-state index is -4.44. The molecule has 3 atom stereocenters. The summed E-state index contributed by atoms with van der Waals surface area (Å²) in [5.41, 5.74) is 5.75. The van der Waals surface area contributed by atoms with Crippen LogP contribution in [0.2, 0.25) is 0 Å². The summed E-state index contributed by atoms with van der Waals surface area (Å²) in [5.74, 6) is -2.16. The molecule has 130 valence electrons. The van der Waals surface area contributed by atoms with Gasteiger partial charge in [0, 0.05) is 12.5 Å². The average molecular weight is 351 g/mol. The van der Waals surface area contributed by atoms with Crippen molar-refractivity contribution in [1.29, 1.82) is 0 Å². The summed E-state index contributed by atoms with van der Waals surface area (Å²) < 4.78 is 39.7. The van der Waals surface area contributed by atoms with Crippen LogP contribution in [0, 0.1) is 5.92 Å². The summed E-state index contributed by atoms with van der Waals surface area (Å²) >= 11 is 0. The average Bonchev–Trinajstić information content (AvgIpc) is 2.91. The van der Waals surface area contributed by atoms with E-state index in [2.05, 4.69) is 5.32 Å². The number of hydrogen-bond donors (Lipinski definition) is 2. The molecule has 1 aliphatic rings. The molecule has 3 nitrogen and oxygen atoms in total. The first-order chi connectivity index (χ1) is 10.4. The lowest BCUT2D eigenvalue weighted by molar-refractivity contribution is -0.157. The van der Waals surface area contributed by atoms with E-state index < -0.39 is 24.4 Å². The maximum Gasteiger partial charge on any atom is 0.396 e. The monoisotopic (exact) mass is 350 g/mol. The van der Waals surface area contributed by atoms with E-state index in [4.69, 9.17) is 5.73 Å². The minimum absolute atomic E-state index is 0. The van der Waals surface area contributed by atoms with Crippen LogP contribution in [0.15, 0.2) is 30.3 Å². The minimum Gasteiger partial charge on any atom is -0.353 e. The molecule has 0 bridgehead atoms. The van der Waals surface area contributed by atoms with Crippen molar-refractivity contribution in [1.82, 2.24) is 5.32 Å². The molecule has 23 heavy (non-hydrogen) atoms. The molecule has 1 saturated carbocycles. The molecule has 0 aliphatic heterocycles. The number of nitrogens with two attached hydrogens (primary N) is 1. The van der Waals surface area contributed by atoms with Gasteiger partial charge in [-0.25, -0.2) is 0 Å². The molecule has 1 fully saturated rings. The van der Waals surface area contributed by atoms with Crippen LogP contribution in [-0.2, 0) is 4.79 Å². The van der Waals surface area contributed by atoms with Gasteiger partial charge >= 0.3 is 6.18 Å². The number of halogens is 4. The summed E-state index contributed by atoms with van der Waals surface area (Å²) in [6.07, 6.45) is -2.37. The van der Waals surface area contributed by atoms with E-state index >= 15 is 0 Å². The van der Waals surface area contributed by atoms with Crippen molar-refractivity contribution in [3.63, 3.8) is 0 Å². The van der Waals surface area contributed by atoms with Crippen LogP contribution in [0.25, 0.3) is 0 Å². The normalized spacial score (nSPS) is 22.3. The number of amides is 1. The van der Waals surface area contributed by atoms with E-state index in [1.165, 1.54) is 12.1 Å². The maximum atomic E-state index is 13.2. The predicted octanol–water partition coefficient (Wildman–Crippen LogP) is 3.39. The highest BCUT2D eigenvalue weighted by Crippen LogP contribution is 2.37. The molecule has 0 aromatic heterocycles. The summed E-state index contributed by atoms with van der Waals surface area (Å²) in [6.45, 7) is 0.451. The quantitative estimate of drug-likeness (QED) is 0.855. The summed E-state index contributed by atoms with van der Waals surface area (Å²) in [6, 6.07) is 7.47. The topological polar surface area (TPSA) is 55.1 Å². The zero-order valence-corrected chi connectivity index (χ0v) is 13.5. The van der Waals surface area contributed by atoms with Crippen LogP contribution in [0.1, 0.15) is 37.2 Å². The molecule has 0 radical (unpaired) electrons. The van der Waals surface area contributed by atoms with Gasteiger partial charge in [-0.2, -0.15) is 13.2 Å². The molecule has 7 heteroatoms. The Kier molecular flexibility index (Phi) is 7.35. The lowest BCUT2D eigenvalue weighted by atomic mass is 9.94. The van der Waals surface area contributed by atoms with Crippen LogP contribution in [0.4, 0.5) is 13.2 Å². The van der Waals surface area contributed by atoms with Gasteiger partial charge in [-0.05, 0) is 30.9 Å². The van der Waals surface area contributed by atoms with Gasteiger partial charge < -0.3 is 11.1 Å². The molecule has 3 unspecified atom stereocenters. The smallest absolute Gasteiger partial charge is 0.353 e. The number of alkyl halides is 3. The predicted molar refractivity (Wildman–Crippen MR) is 85.4 cm³/mol. The highest BCUT2D eigenvalue weighted by molar-refractivity contribution is 5.85. The molecule has 3 N–H and O–H groups in total. The van der Waals surface area contributed by atoms with Crippen LogP contribution in [0.5, 0.6) is 0 Å². The Balaban J connectivity index is 0.00000264. The van der Waals surface area contributed by atoms with Gasteiger partial charge in [0.25, 0.3) is 0 Å². The van der Waals surface area contributed by atoms with E-state index in [-0.39, 0.29) is 29.9 Å². The Morgan fingerprint density at radius 2 is 1.91 bits per heavy atom. The van der Waals surface area contributed by atoms with Gasteiger partial charge in [0.05, 0.1) is 5.92 Å². The Morgan fingerprint density at radius 1 is 1.26 bits per heavy atom. The largest absolute Gasteiger partial charge is 0.396 e.